The summed E-state index contributed by atoms with van der Waals surface area (Å²) < 4.78 is 10.0. The van der Waals surface area contributed by atoms with Gasteiger partial charge in [-0.15, -0.1) is 0 Å². The second kappa shape index (κ2) is 14.4. The van der Waals surface area contributed by atoms with E-state index in [2.05, 4.69) is 189 Å². The topological polar surface area (TPSA) is 53.2 Å². The van der Waals surface area contributed by atoms with Crippen LogP contribution in [0, 0.1) is 0 Å². The summed E-state index contributed by atoms with van der Waals surface area (Å²) >= 11 is 0. The summed E-state index contributed by atoms with van der Waals surface area (Å²) in [5.74, 6) is -1.24. The van der Waals surface area contributed by atoms with E-state index in [-0.39, 0.29) is 21.7 Å². The molecule has 0 radical (unpaired) electrons. The van der Waals surface area contributed by atoms with Crippen molar-refractivity contribution in [1.82, 2.24) is 9.13 Å². The molecule has 0 atom stereocenters. The van der Waals surface area contributed by atoms with Gasteiger partial charge in [-0.3, -0.25) is 0 Å². The first-order valence-corrected chi connectivity index (χ1v) is 22.9. The predicted octanol–water partition coefficient (Wildman–Crippen LogP) is 15.7. The molecule has 326 valence electrons. The minimum absolute atomic E-state index is 0.00909. The van der Waals surface area contributed by atoms with Gasteiger partial charge in [-0.2, -0.15) is 0 Å². The molecule has 0 aliphatic carbocycles. The van der Waals surface area contributed by atoms with E-state index in [4.69, 9.17) is 4.74 Å². The Bertz CT molecular complexity index is 3070. The van der Waals surface area contributed by atoms with Crippen LogP contribution in [-0.2, 0) is 26.4 Å². The zero-order valence-corrected chi connectivity index (χ0v) is 39.8. The fourth-order valence-corrected chi connectivity index (χ4v) is 9.74. The Morgan fingerprint density at radius 1 is 0.338 bits per heavy atom. The Morgan fingerprint density at radius 3 is 0.846 bits per heavy atom. The summed E-state index contributed by atoms with van der Waals surface area (Å²) in [5, 5.41) is 4.91. The first kappa shape index (κ1) is 42.2. The number of benzene rings is 7. The van der Waals surface area contributed by atoms with Gasteiger partial charge in [0.15, 0.2) is 0 Å². The monoisotopic (exact) mass is 854 g/mol. The van der Waals surface area contributed by atoms with Crippen LogP contribution in [-0.4, -0.2) is 21.1 Å². The Labute approximate surface area is 382 Å². The van der Waals surface area contributed by atoms with Gasteiger partial charge in [0.2, 0.25) is 0 Å². The molecule has 65 heavy (non-hydrogen) atoms. The molecule has 0 saturated carbocycles. The highest BCUT2D eigenvalue weighted by Crippen LogP contribution is 2.42. The number of hydrogen-bond donors (Lipinski definition) is 0. The van der Waals surface area contributed by atoms with Crippen LogP contribution in [0.1, 0.15) is 126 Å². The average Bonchev–Trinajstić information content (AvgIpc) is 3.87. The summed E-state index contributed by atoms with van der Waals surface area (Å²) in [5.41, 5.74) is 15.4. The van der Waals surface area contributed by atoms with Gasteiger partial charge in [0.05, 0.1) is 33.2 Å². The van der Waals surface area contributed by atoms with Crippen molar-refractivity contribution in [2.45, 2.75) is 105 Å². The molecule has 0 bridgehead atoms. The second-order valence-corrected chi connectivity index (χ2v) is 22.3. The molecule has 0 spiro atoms. The molecule has 0 unspecified atom stereocenters. The number of esters is 2. The molecular weight excluding hydrogens is 797 g/mol. The first-order chi connectivity index (χ1) is 30.6. The van der Waals surface area contributed by atoms with E-state index in [1.807, 2.05) is 36.4 Å². The van der Waals surface area contributed by atoms with Crippen molar-refractivity contribution in [1.29, 1.82) is 0 Å². The van der Waals surface area contributed by atoms with Crippen molar-refractivity contribution >= 4 is 55.6 Å². The van der Waals surface area contributed by atoms with E-state index in [9.17, 15) is 9.59 Å². The predicted molar refractivity (Wildman–Crippen MR) is 271 cm³/mol. The molecule has 1 aliphatic rings. The van der Waals surface area contributed by atoms with E-state index in [0.717, 1.165) is 44.6 Å². The van der Waals surface area contributed by atoms with Crippen LogP contribution in [0.5, 0.6) is 0 Å². The molecule has 1 aliphatic heterocycles. The van der Waals surface area contributed by atoms with Crippen LogP contribution in [0.15, 0.2) is 133 Å². The van der Waals surface area contributed by atoms with Crippen LogP contribution in [0.4, 0.5) is 0 Å². The van der Waals surface area contributed by atoms with Crippen molar-refractivity contribution in [2.24, 2.45) is 0 Å². The number of hydrogen-bond acceptors (Lipinski definition) is 3. The molecule has 10 rings (SSSR count). The molecule has 5 nitrogen and oxygen atoms in total. The lowest BCUT2D eigenvalue weighted by atomic mass is 9.85. The van der Waals surface area contributed by atoms with Crippen molar-refractivity contribution in [3.8, 4) is 33.6 Å². The molecule has 0 N–H and O–H groups in total. The molecular formula is C60H58N2O3. The number of aromatic nitrogens is 2. The molecule has 0 saturated heterocycles. The van der Waals surface area contributed by atoms with E-state index < -0.39 is 11.9 Å². The smallest absolute Gasteiger partial charge is 0.347 e. The molecule has 0 amide bonds. The van der Waals surface area contributed by atoms with Crippen LogP contribution in [0.25, 0.3) is 77.2 Å². The van der Waals surface area contributed by atoms with Gasteiger partial charge in [0, 0.05) is 32.9 Å². The lowest BCUT2D eigenvalue weighted by Crippen LogP contribution is -2.10. The van der Waals surface area contributed by atoms with Gasteiger partial charge in [0.25, 0.3) is 0 Å². The first-order valence-electron chi connectivity index (χ1n) is 22.9. The highest BCUT2D eigenvalue weighted by Gasteiger charge is 2.36. The van der Waals surface area contributed by atoms with E-state index in [1.165, 1.54) is 43.8 Å². The maximum atomic E-state index is 13.6. The lowest BCUT2D eigenvalue weighted by molar-refractivity contribution is 0.0444. The number of fused-ring (bicyclic) bond motifs is 7. The van der Waals surface area contributed by atoms with E-state index in [0.29, 0.717) is 22.3 Å². The molecule has 3 heterocycles. The quantitative estimate of drug-likeness (QED) is 0.131. The summed E-state index contributed by atoms with van der Waals surface area (Å²) in [7, 11) is 0. The molecule has 0 fully saturated rings. The van der Waals surface area contributed by atoms with Gasteiger partial charge < -0.3 is 13.9 Å². The van der Waals surface area contributed by atoms with Crippen LogP contribution < -0.4 is 0 Å². The van der Waals surface area contributed by atoms with Crippen molar-refractivity contribution in [3.63, 3.8) is 0 Å². The van der Waals surface area contributed by atoms with Crippen LogP contribution in [0.3, 0.4) is 0 Å². The maximum Gasteiger partial charge on any atom is 0.347 e. The molecule has 9 aromatic rings. The fourth-order valence-electron chi connectivity index (χ4n) is 9.74. The van der Waals surface area contributed by atoms with Crippen molar-refractivity contribution in [3.05, 3.63) is 167 Å². The Kier molecular flexibility index (Phi) is 9.35. The van der Waals surface area contributed by atoms with E-state index in [1.54, 1.807) is 0 Å². The van der Waals surface area contributed by atoms with E-state index >= 15 is 0 Å². The van der Waals surface area contributed by atoms with Gasteiger partial charge in [-0.1, -0.05) is 144 Å². The van der Waals surface area contributed by atoms with Crippen molar-refractivity contribution in [2.75, 3.05) is 0 Å². The number of cyclic esters (lactones) is 2. The fraction of sp³-hybridized carbons (Fsp3) is 0.267. The normalized spacial score (nSPS) is 13.7. The third-order valence-electron chi connectivity index (χ3n) is 13.7. The standard InChI is InChI=1S/C60H58N2O3/c1-57(2,3)37-17-27-49-45(31-37)46-32-38(58(4,5)6)18-28-50(46)61(49)41-21-13-35(14-22-41)43-25-26-44(54-53(43)55(63)65-56(54)64)36-15-23-42(24-16-36)62-51-29-19-39(59(7,8)9)33-47(51)48-34-40(60(10,11)12)20-30-52(48)62/h13-34H,1-12H3. The Balaban J connectivity index is 1.04. The van der Waals surface area contributed by atoms with Gasteiger partial charge >= 0.3 is 11.9 Å². The average molecular weight is 855 g/mol. The second-order valence-electron chi connectivity index (χ2n) is 22.3. The largest absolute Gasteiger partial charge is 0.386 e. The Morgan fingerprint density at radius 2 is 0.600 bits per heavy atom. The third kappa shape index (κ3) is 6.99. The number of carbonyl (C=O) groups excluding carboxylic acids is 2. The minimum Gasteiger partial charge on any atom is -0.386 e. The summed E-state index contributed by atoms with van der Waals surface area (Å²) in [6.45, 7) is 27.1. The van der Waals surface area contributed by atoms with Crippen LogP contribution >= 0.6 is 0 Å². The SMILES string of the molecule is CC(C)(C)c1ccc2c(c1)c1cc(C(C)(C)C)ccc1n2-c1ccc(-c2ccc(-c3ccc(-n4c5ccc(C(C)(C)C)cc5c5cc(C(C)(C)C)ccc54)cc3)c3c2C(=O)OC3=O)cc1. The zero-order chi connectivity index (χ0) is 46.1. The third-order valence-corrected chi connectivity index (χ3v) is 13.7. The summed E-state index contributed by atoms with van der Waals surface area (Å²) in [4.78, 5) is 27.2. The molecule has 2 aromatic heterocycles. The highest BCUT2D eigenvalue weighted by molar-refractivity contribution is 6.21. The minimum atomic E-state index is -0.621. The van der Waals surface area contributed by atoms with Crippen LogP contribution in [0.2, 0.25) is 0 Å². The summed E-state index contributed by atoms with van der Waals surface area (Å²) in [6.07, 6.45) is 0. The maximum absolute atomic E-state index is 13.6. The number of nitrogens with zero attached hydrogens (tertiary/aromatic N) is 2. The van der Waals surface area contributed by atoms with Gasteiger partial charge in [-0.25, -0.2) is 9.59 Å². The number of rotatable bonds is 4. The van der Waals surface area contributed by atoms with Crippen molar-refractivity contribution < 1.29 is 14.3 Å². The number of ether oxygens (including phenoxy) is 1. The number of carbonyl (C=O) groups is 2. The van der Waals surface area contributed by atoms with Gasteiger partial charge in [-0.05, 0) is 139 Å². The van der Waals surface area contributed by atoms with Gasteiger partial charge in [0.1, 0.15) is 0 Å². The highest BCUT2D eigenvalue weighted by atomic mass is 16.6. The molecule has 5 heteroatoms. The lowest BCUT2D eigenvalue weighted by Gasteiger charge is -2.19. The molecule has 7 aromatic carbocycles. The zero-order valence-electron chi connectivity index (χ0n) is 39.8. The summed E-state index contributed by atoms with van der Waals surface area (Å²) in [6, 6.07) is 47.8. The Hall–Kier alpha value is -6.72.